The molecule has 0 aliphatic heterocycles. The van der Waals surface area contributed by atoms with Crippen molar-refractivity contribution in [1.82, 2.24) is 15.3 Å². The van der Waals surface area contributed by atoms with Gasteiger partial charge in [-0.1, -0.05) is 31.5 Å². The van der Waals surface area contributed by atoms with Crippen molar-refractivity contribution in [3.63, 3.8) is 0 Å². The van der Waals surface area contributed by atoms with E-state index in [2.05, 4.69) is 20.6 Å². The van der Waals surface area contributed by atoms with E-state index in [1.165, 1.54) is 26.6 Å². The highest BCUT2D eigenvalue weighted by molar-refractivity contribution is 6.31. The molecule has 0 aliphatic carbocycles. The molecule has 3 aromatic rings. The highest BCUT2D eigenvalue weighted by atomic mass is 35.5. The first-order chi connectivity index (χ1) is 15.7. The summed E-state index contributed by atoms with van der Waals surface area (Å²) in [6.07, 6.45) is 1.36. The van der Waals surface area contributed by atoms with Crippen molar-refractivity contribution < 1.29 is 24.2 Å². The van der Waals surface area contributed by atoms with Gasteiger partial charge < -0.3 is 25.2 Å². The molecule has 1 atom stereocenters. The van der Waals surface area contributed by atoms with Crippen molar-refractivity contribution in [3.05, 3.63) is 47.2 Å². The third-order valence-electron chi connectivity index (χ3n) is 5.05. The van der Waals surface area contributed by atoms with Gasteiger partial charge in [0, 0.05) is 22.2 Å². The van der Waals surface area contributed by atoms with Gasteiger partial charge in [-0.15, -0.1) is 0 Å². The van der Waals surface area contributed by atoms with E-state index in [9.17, 15) is 14.7 Å². The van der Waals surface area contributed by atoms with Crippen LogP contribution in [0.15, 0.2) is 36.7 Å². The number of rotatable bonds is 8. The van der Waals surface area contributed by atoms with Crippen LogP contribution in [0, 0.1) is 5.92 Å². The molecule has 174 valence electrons. The van der Waals surface area contributed by atoms with Crippen molar-refractivity contribution in [2.24, 2.45) is 5.92 Å². The minimum Gasteiger partial charge on any atom is -0.504 e. The van der Waals surface area contributed by atoms with Gasteiger partial charge in [-0.3, -0.25) is 4.79 Å². The number of nitrogens with zero attached hydrogens (tertiary/aromatic N) is 2. The molecule has 0 spiro atoms. The Morgan fingerprint density at radius 3 is 2.58 bits per heavy atom. The summed E-state index contributed by atoms with van der Waals surface area (Å²) >= 11 is 6.20. The van der Waals surface area contributed by atoms with E-state index in [0.717, 1.165) is 0 Å². The fourth-order valence-electron chi connectivity index (χ4n) is 3.30. The number of esters is 1. The first-order valence-electron chi connectivity index (χ1n) is 10.2. The third-order valence-corrected chi connectivity index (χ3v) is 5.29. The monoisotopic (exact) mass is 472 g/mol. The molecule has 33 heavy (non-hydrogen) atoms. The summed E-state index contributed by atoms with van der Waals surface area (Å²) < 4.78 is 9.92. The van der Waals surface area contributed by atoms with E-state index < -0.39 is 12.0 Å². The fourth-order valence-corrected chi connectivity index (χ4v) is 3.48. The quantitative estimate of drug-likeness (QED) is 0.425. The van der Waals surface area contributed by atoms with E-state index in [-0.39, 0.29) is 29.7 Å². The maximum Gasteiger partial charge on any atom is 0.328 e. The predicted octanol–water partition coefficient (Wildman–Crippen LogP) is 3.60. The molecule has 0 saturated carbocycles. The van der Waals surface area contributed by atoms with Crippen molar-refractivity contribution >= 4 is 45.9 Å². The Kier molecular flexibility index (Phi) is 7.55. The summed E-state index contributed by atoms with van der Waals surface area (Å²) in [5.74, 6) is -0.346. The summed E-state index contributed by atoms with van der Waals surface area (Å²) in [5, 5.41) is 17.1. The molecular formula is C23H25ClN4O5. The molecule has 3 rings (SSSR count). The van der Waals surface area contributed by atoms with Gasteiger partial charge >= 0.3 is 5.97 Å². The summed E-state index contributed by atoms with van der Waals surface area (Å²) in [7, 11) is 2.74. The molecule has 10 heteroatoms. The average molecular weight is 473 g/mol. The van der Waals surface area contributed by atoms with Crippen LogP contribution in [0.1, 0.15) is 19.4 Å². The minimum atomic E-state index is -0.755. The van der Waals surface area contributed by atoms with Crippen molar-refractivity contribution in [1.29, 1.82) is 0 Å². The van der Waals surface area contributed by atoms with Crippen LogP contribution >= 0.6 is 11.6 Å². The molecule has 0 fully saturated rings. The van der Waals surface area contributed by atoms with Crippen LogP contribution < -0.4 is 15.4 Å². The molecule has 3 N–H and O–H groups in total. The normalized spacial score (nSPS) is 11.8. The Morgan fingerprint density at radius 1 is 1.15 bits per heavy atom. The van der Waals surface area contributed by atoms with E-state index >= 15 is 0 Å². The number of hydrogen-bond acceptors (Lipinski definition) is 8. The SMILES string of the molecule is COC(=O)[C@@H](NC(=O)Cc1ccc(Cl)cc1Nc1ncnc2cc(OC)c(O)cc12)C(C)C. The molecular weight excluding hydrogens is 448 g/mol. The van der Waals surface area contributed by atoms with Crippen LogP contribution in [0.3, 0.4) is 0 Å². The first kappa shape index (κ1) is 24.1. The summed E-state index contributed by atoms with van der Waals surface area (Å²) in [4.78, 5) is 33.2. The molecule has 0 bridgehead atoms. The van der Waals surface area contributed by atoms with Crippen molar-refractivity contribution in [2.75, 3.05) is 19.5 Å². The number of carbonyl (C=O) groups is 2. The number of methoxy groups -OCH3 is 2. The minimum absolute atomic E-state index is 0.0121. The Bertz CT molecular complexity index is 1180. The van der Waals surface area contributed by atoms with Crippen LogP contribution in [-0.2, 0) is 20.7 Å². The molecule has 0 aliphatic rings. The second kappa shape index (κ2) is 10.4. The molecule has 1 aromatic heterocycles. The number of fused-ring (bicyclic) bond motifs is 1. The third kappa shape index (κ3) is 5.61. The standard InChI is InChI=1S/C23H25ClN4O5/c1-12(2)21(23(31)33-4)28-20(30)7-13-5-6-14(24)8-16(13)27-22-15-9-18(29)19(32-3)10-17(15)25-11-26-22/h5-6,8-12,21,29H,7H2,1-4H3,(H,28,30)(H,25,26,27)/t21-/m0/s1. The van der Waals surface area contributed by atoms with E-state index in [1.807, 2.05) is 13.8 Å². The number of anilines is 2. The van der Waals surface area contributed by atoms with Crippen molar-refractivity contribution in [3.8, 4) is 11.5 Å². The number of halogens is 1. The molecule has 0 radical (unpaired) electrons. The van der Waals surface area contributed by atoms with E-state index in [1.54, 1.807) is 24.3 Å². The maximum atomic E-state index is 12.7. The number of aromatic hydroxyl groups is 1. The second-order valence-corrected chi connectivity index (χ2v) is 8.12. The molecule has 1 heterocycles. The highest BCUT2D eigenvalue weighted by Crippen LogP contribution is 2.34. The number of phenols is 1. The average Bonchev–Trinajstić information content (AvgIpc) is 2.78. The molecule has 1 amide bonds. The number of carbonyl (C=O) groups excluding carboxylic acids is 2. The van der Waals surface area contributed by atoms with Gasteiger partial charge in [0.05, 0.1) is 26.2 Å². The number of benzene rings is 2. The van der Waals surface area contributed by atoms with Gasteiger partial charge in [-0.2, -0.15) is 0 Å². The smallest absolute Gasteiger partial charge is 0.328 e. The predicted molar refractivity (Wildman–Crippen MR) is 125 cm³/mol. The molecule has 0 saturated heterocycles. The Balaban J connectivity index is 1.90. The van der Waals surface area contributed by atoms with Crippen LogP contribution in [0.25, 0.3) is 10.9 Å². The lowest BCUT2D eigenvalue weighted by atomic mass is 10.0. The first-order valence-corrected chi connectivity index (χ1v) is 10.6. The zero-order valence-electron chi connectivity index (χ0n) is 18.7. The zero-order chi connectivity index (χ0) is 24.1. The van der Waals surface area contributed by atoms with E-state index in [0.29, 0.717) is 33.0 Å². The maximum absolute atomic E-state index is 12.7. The van der Waals surface area contributed by atoms with Gasteiger partial charge in [0.1, 0.15) is 18.2 Å². The summed E-state index contributed by atoms with van der Waals surface area (Å²) in [6.45, 7) is 3.64. The highest BCUT2D eigenvalue weighted by Gasteiger charge is 2.25. The zero-order valence-corrected chi connectivity index (χ0v) is 19.4. The number of amides is 1. The van der Waals surface area contributed by atoms with Gasteiger partial charge in [0.2, 0.25) is 5.91 Å². The van der Waals surface area contributed by atoms with Gasteiger partial charge in [-0.25, -0.2) is 14.8 Å². The van der Waals surface area contributed by atoms with Crippen LogP contribution in [0.5, 0.6) is 11.5 Å². The number of ether oxygens (including phenoxy) is 2. The molecule has 2 aromatic carbocycles. The number of phenolic OH excluding ortho intramolecular Hbond substituents is 1. The lowest BCUT2D eigenvalue weighted by molar-refractivity contribution is -0.146. The largest absolute Gasteiger partial charge is 0.504 e. The second-order valence-electron chi connectivity index (χ2n) is 7.68. The molecule has 9 nitrogen and oxygen atoms in total. The number of hydrogen-bond donors (Lipinski definition) is 3. The number of nitrogens with one attached hydrogen (secondary N) is 2. The Hall–Kier alpha value is -3.59. The van der Waals surface area contributed by atoms with Crippen LogP contribution in [-0.4, -0.2) is 47.2 Å². The van der Waals surface area contributed by atoms with Crippen LogP contribution in [0.4, 0.5) is 11.5 Å². The summed E-state index contributed by atoms with van der Waals surface area (Å²) in [5.41, 5.74) is 1.74. The summed E-state index contributed by atoms with van der Waals surface area (Å²) in [6, 6.07) is 7.40. The van der Waals surface area contributed by atoms with Gasteiger partial charge in [-0.05, 0) is 29.7 Å². The van der Waals surface area contributed by atoms with Crippen molar-refractivity contribution in [2.45, 2.75) is 26.3 Å². The van der Waals surface area contributed by atoms with Gasteiger partial charge in [0.15, 0.2) is 11.5 Å². The Morgan fingerprint density at radius 2 is 1.91 bits per heavy atom. The van der Waals surface area contributed by atoms with Gasteiger partial charge in [0.25, 0.3) is 0 Å². The topological polar surface area (TPSA) is 123 Å². The lowest BCUT2D eigenvalue weighted by Gasteiger charge is -2.20. The molecule has 0 unspecified atom stereocenters. The Labute approximate surface area is 196 Å². The number of aromatic nitrogens is 2. The fraction of sp³-hybridized carbons (Fsp3) is 0.304. The van der Waals surface area contributed by atoms with Crippen LogP contribution in [0.2, 0.25) is 5.02 Å². The lowest BCUT2D eigenvalue weighted by Crippen LogP contribution is -2.45. The van der Waals surface area contributed by atoms with E-state index in [4.69, 9.17) is 21.1 Å².